The molecule has 1 aliphatic heterocycles. The fraction of sp³-hybridized carbons (Fsp3) is 0.842. The molecule has 1 saturated heterocycles. The number of hydrogen-bond acceptors (Lipinski definition) is 5. The second-order valence-electron chi connectivity index (χ2n) is 7.97. The van der Waals surface area contributed by atoms with Crippen LogP contribution in [0.15, 0.2) is 0 Å². The van der Waals surface area contributed by atoms with Crippen LogP contribution in [0.3, 0.4) is 0 Å². The number of nitrogens with zero attached hydrogens (tertiary/aromatic N) is 2. The number of aromatic nitrogens is 2. The van der Waals surface area contributed by atoms with Crippen molar-refractivity contribution in [2.75, 3.05) is 26.3 Å². The topological polar surface area (TPSA) is 53.2 Å². The quantitative estimate of drug-likeness (QED) is 0.708. The normalized spacial score (nSPS) is 29.1. The summed E-state index contributed by atoms with van der Waals surface area (Å²) in [5.41, 5.74) is 2.34. The van der Waals surface area contributed by atoms with Crippen LogP contribution in [0.25, 0.3) is 0 Å². The van der Waals surface area contributed by atoms with Gasteiger partial charge >= 0.3 is 0 Å². The zero-order valence-corrected chi connectivity index (χ0v) is 17.1. The molecule has 1 aromatic rings. The highest BCUT2D eigenvalue weighted by atomic mass is 35.5. The lowest BCUT2D eigenvalue weighted by Gasteiger charge is -2.31. The van der Waals surface area contributed by atoms with Gasteiger partial charge in [-0.05, 0) is 38.5 Å². The Balaban J connectivity index is 1.27. The smallest absolute Gasteiger partial charge is 0.0853 e. The Morgan fingerprint density at radius 3 is 2.46 bits per heavy atom. The van der Waals surface area contributed by atoms with E-state index in [-0.39, 0.29) is 0 Å². The van der Waals surface area contributed by atoms with Gasteiger partial charge in [0.05, 0.1) is 29.6 Å². The van der Waals surface area contributed by atoms with E-state index in [1.54, 1.807) is 12.1 Å². The highest BCUT2D eigenvalue weighted by molar-refractivity contribution is 7.95. The van der Waals surface area contributed by atoms with Crippen molar-refractivity contribution in [3.8, 4) is 0 Å². The van der Waals surface area contributed by atoms with E-state index in [0.29, 0.717) is 17.9 Å². The Kier molecular flexibility index (Phi) is 6.81. The number of nitrogens with one attached hydrogen (secondary N) is 2. The second-order valence-corrected chi connectivity index (χ2v) is 9.28. The first-order chi connectivity index (χ1) is 12.8. The Labute approximate surface area is 166 Å². The molecule has 0 amide bonds. The molecule has 26 heavy (non-hydrogen) atoms. The second kappa shape index (κ2) is 9.28. The molecule has 4 rings (SSSR count). The van der Waals surface area contributed by atoms with Crippen LogP contribution in [0.1, 0.15) is 81.0 Å². The van der Waals surface area contributed by atoms with Gasteiger partial charge in [-0.15, -0.1) is 0 Å². The van der Waals surface area contributed by atoms with Gasteiger partial charge < -0.3 is 4.74 Å². The van der Waals surface area contributed by atoms with Gasteiger partial charge in [-0.3, -0.25) is 5.10 Å². The molecule has 2 heterocycles. The molecule has 3 fully saturated rings. The number of halogens is 1. The molecule has 1 aromatic heterocycles. The fourth-order valence-corrected chi connectivity index (χ4v) is 5.82. The zero-order chi connectivity index (χ0) is 17.8. The minimum atomic E-state index is 0.541. The van der Waals surface area contributed by atoms with Crippen molar-refractivity contribution in [1.82, 2.24) is 19.2 Å². The molecule has 7 heteroatoms. The van der Waals surface area contributed by atoms with Crippen molar-refractivity contribution in [3.05, 3.63) is 16.4 Å². The molecule has 0 unspecified atom stereocenters. The summed E-state index contributed by atoms with van der Waals surface area (Å²) in [6.07, 6.45) is 11.3. The fourth-order valence-electron chi connectivity index (χ4n) is 4.56. The van der Waals surface area contributed by atoms with E-state index in [1.807, 2.05) is 0 Å². The Bertz CT molecular complexity index is 564. The molecule has 2 N–H and O–H groups in total. The highest BCUT2D eigenvalue weighted by Gasteiger charge is 2.29. The van der Waals surface area contributed by atoms with Gasteiger partial charge in [0, 0.05) is 43.1 Å². The van der Waals surface area contributed by atoms with Crippen molar-refractivity contribution in [3.63, 3.8) is 0 Å². The number of morpholine rings is 1. The molecule has 3 aliphatic rings. The maximum Gasteiger partial charge on any atom is 0.0853 e. The van der Waals surface area contributed by atoms with Crippen LogP contribution in [0.4, 0.5) is 0 Å². The van der Waals surface area contributed by atoms with Gasteiger partial charge in [0.15, 0.2) is 0 Å². The average Bonchev–Trinajstić information content (AvgIpc) is 3.10. The Hall–Kier alpha value is -0.270. The largest absolute Gasteiger partial charge is 0.379 e. The zero-order valence-electron chi connectivity index (χ0n) is 15.5. The van der Waals surface area contributed by atoms with E-state index >= 15 is 0 Å². The number of aromatic amines is 1. The summed E-state index contributed by atoms with van der Waals surface area (Å²) < 4.78 is 11.4. The van der Waals surface area contributed by atoms with Crippen LogP contribution in [0, 0.1) is 0 Å². The monoisotopic (exact) mass is 398 g/mol. The summed E-state index contributed by atoms with van der Waals surface area (Å²) in [6.45, 7) is 3.73. The van der Waals surface area contributed by atoms with Crippen LogP contribution in [0.2, 0.25) is 5.02 Å². The van der Waals surface area contributed by atoms with Crippen LogP contribution in [0.5, 0.6) is 0 Å². The average molecular weight is 399 g/mol. The van der Waals surface area contributed by atoms with Crippen LogP contribution < -0.4 is 4.72 Å². The molecule has 0 spiro atoms. The Morgan fingerprint density at radius 2 is 1.73 bits per heavy atom. The van der Waals surface area contributed by atoms with Gasteiger partial charge in [0.1, 0.15) is 0 Å². The molecule has 0 radical (unpaired) electrons. The lowest BCUT2D eigenvalue weighted by molar-refractivity contribution is 0.0768. The van der Waals surface area contributed by atoms with Crippen molar-refractivity contribution < 1.29 is 4.74 Å². The first-order valence-electron chi connectivity index (χ1n) is 10.3. The van der Waals surface area contributed by atoms with Crippen molar-refractivity contribution in [2.45, 2.75) is 75.7 Å². The summed E-state index contributed by atoms with van der Waals surface area (Å²) in [5, 5.41) is 8.89. The number of H-pyrrole nitrogens is 1. The lowest BCUT2D eigenvalue weighted by Crippen LogP contribution is -2.37. The molecule has 0 bridgehead atoms. The highest BCUT2D eigenvalue weighted by Crippen LogP contribution is 2.41. The molecule has 5 nitrogen and oxygen atoms in total. The van der Waals surface area contributed by atoms with Crippen LogP contribution >= 0.6 is 23.7 Å². The number of ether oxygens (including phenoxy) is 1. The molecule has 2 aliphatic carbocycles. The third-order valence-electron chi connectivity index (χ3n) is 6.20. The van der Waals surface area contributed by atoms with E-state index in [4.69, 9.17) is 16.3 Å². The van der Waals surface area contributed by atoms with E-state index in [9.17, 15) is 0 Å². The predicted octanol–water partition coefficient (Wildman–Crippen LogP) is 4.62. The van der Waals surface area contributed by atoms with E-state index in [2.05, 4.69) is 19.2 Å². The molecular formula is C19H31ClN4OS. The van der Waals surface area contributed by atoms with Crippen molar-refractivity contribution in [1.29, 1.82) is 0 Å². The predicted molar refractivity (Wildman–Crippen MR) is 108 cm³/mol. The minimum Gasteiger partial charge on any atom is -0.379 e. The van der Waals surface area contributed by atoms with Gasteiger partial charge in [0.25, 0.3) is 0 Å². The van der Waals surface area contributed by atoms with Gasteiger partial charge in [-0.25, -0.2) is 9.03 Å². The van der Waals surface area contributed by atoms with Gasteiger partial charge in [-0.2, -0.15) is 5.10 Å². The standard InChI is InChI=1S/C19H31ClN4OS/c20-17-18(14-4-2-1-3-5-14)21-22-19(17)15-6-8-16(9-7-15)23-26-24-10-12-25-13-11-24/h14-16,23H,1-13H2,(H,21,22). The van der Waals surface area contributed by atoms with E-state index in [1.165, 1.54) is 63.5 Å². The first-order valence-corrected chi connectivity index (χ1v) is 11.4. The SMILES string of the molecule is Clc1c(C2CCCCC2)n[nH]c1C1CCC(NSN2CCOCC2)CC1. The molecule has 2 saturated carbocycles. The van der Waals surface area contributed by atoms with Crippen molar-refractivity contribution in [2.24, 2.45) is 0 Å². The summed E-state index contributed by atoms with van der Waals surface area (Å²) in [5.74, 6) is 1.11. The van der Waals surface area contributed by atoms with E-state index in [0.717, 1.165) is 37.0 Å². The summed E-state index contributed by atoms with van der Waals surface area (Å²) in [7, 11) is 0. The van der Waals surface area contributed by atoms with Crippen LogP contribution in [-0.2, 0) is 4.74 Å². The van der Waals surface area contributed by atoms with Gasteiger partial charge in [-0.1, -0.05) is 30.9 Å². The summed E-state index contributed by atoms with van der Waals surface area (Å²) in [6, 6.07) is 0.596. The van der Waals surface area contributed by atoms with Crippen LogP contribution in [-0.4, -0.2) is 46.8 Å². The number of hydrogen-bond donors (Lipinski definition) is 2. The molecule has 0 aromatic carbocycles. The van der Waals surface area contributed by atoms with E-state index < -0.39 is 0 Å². The van der Waals surface area contributed by atoms with Crippen molar-refractivity contribution >= 4 is 23.7 Å². The molecular weight excluding hydrogens is 368 g/mol. The third-order valence-corrected chi connectivity index (χ3v) is 7.66. The maximum absolute atomic E-state index is 6.76. The Morgan fingerprint density at radius 1 is 1.00 bits per heavy atom. The number of rotatable bonds is 5. The minimum absolute atomic E-state index is 0.541. The summed E-state index contributed by atoms with van der Waals surface area (Å²) in [4.78, 5) is 0. The first kappa shape index (κ1) is 19.1. The van der Waals surface area contributed by atoms with Gasteiger partial charge in [0.2, 0.25) is 0 Å². The maximum atomic E-state index is 6.76. The third kappa shape index (κ3) is 4.58. The lowest BCUT2D eigenvalue weighted by atomic mass is 9.83. The molecule has 146 valence electrons. The molecule has 0 atom stereocenters. The summed E-state index contributed by atoms with van der Waals surface area (Å²) >= 11 is 8.54.